The molecule has 1 amide bonds. The Morgan fingerprint density at radius 3 is 2.61 bits per heavy atom. The number of aromatic nitrogens is 1. The first-order chi connectivity index (χ1) is 13.7. The summed E-state index contributed by atoms with van der Waals surface area (Å²) >= 11 is 0. The van der Waals surface area contributed by atoms with Gasteiger partial charge in [-0.2, -0.15) is 0 Å². The van der Waals surface area contributed by atoms with E-state index >= 15 is 0 Å². The van der Waals surface area contributed by atoms with E-state index in [1.807, 2.05) is 42.5 Å². The molecule has 1 N–H and O–H groups in total. The number of pyridine rings is 1. The monoisotopic (exact) mass is 373 g/mol. The van der Waals surface area contributed by atoms with E-state index in [4.69, 9.17) is 0 Å². The van der Waals surface area contributed by atoms with E-state index in [-0.39, 0.29) is 5.91 Å². The van der Waals surface area contributed by atoms with Crippen molar-refractivity contribution in [1.29, 1.82) is 0 Å². The summed E-state index contributed by atoms with van der Waals surface area (Å²) in [5.41, 5.74) is 3.51. The minimum Gasteiger partial charge on any atom is -0.372 e. The Labute approximate surface area is 166 Å². The van der Waals surface area contributed by atoms with Gasteiger partial charge < -0.3 is 10.2 Å². The van der Waals surface area contributed by atoms with Crippen molar-refractivity contribution >= 4 is 28.2 Å². The van der Waals surface area contributed by atoms with Gasteiger partial charge in [-0.25, -0.2) is 0 Å². The lowest BCUT2D eigenvalue weighted by Crippen LogP contribution is -2.33. The fourth-order valence-electron chi connectivity index (χ4n) is 4.05. The molecule has 4 heteroatoms. The van der Waals surface area contributed by atoms with Crippen LogP contribution >= 0.6 is 0 Å². The Balaban J connectivity index is 1.39. The molecule has 144 valence electrons. The molecule has 4 rings (SSSR count). The number of fused-ring (bicyclic) bond motifs is 1. The van der Waals surface area contributed by atoms with Gasteiger partial charge in [0.05, 0.1) is 17.4 Å². The largest absolute Gasteiger partial charge is 0.372 e. The molecule has 0 unspecified atom stereocenters. The van der Waals surface area contributed by atoms with Crippen LogP contribution in [-0.4, -0.2) is 24.0 Å². The number of nitrogens with zero attached hydrogens (tertiary/aromatic N) is 2. The summed E-state index contributed by atoms with van der Waals surface area (Å²) in [5.74, 6) is 0.771. The molecular formula is C24H27N3O. The number of para-hydroxylation sites is 1. The van der Waals surface area contributed by atoms with Gasteiger partial charge >= 0.3 is 0 Å². The quantitative estimate of drug-likeness (QED) is 0.642. The minimum atomic E-state index is -0.106. The summed E-state index contributed by atoms with van der Waals surface area (Å²) in [6.45, 7) is 4.49. The van der Waals surface area contributed by atoms with Gasteiger partial charge in [0.1, 0.15) is 0 Å². The third-order valence-corrected chi connectivity index (χ3v) is 5.65. The molecular weight excluding hydrogens is 346 g/mol. The molecule has 0 spiro atoms. The normalized spacial score (nSPS) is 15.0. The van der Waals surface area contributed by atoms with E-state index in [1.54, 1.807) is 6.20 Å². The van der Waals surface area contributed by atoms with Crippen LogP contribution in [0.2, 0.25) is 0 Å². The molecule has 0 saturated carbocycles. The molecule has 0 atom stereocenters. The molecule has 1 saturated heterocycles. The minimum absolute atomic E-state index is 0.106. The van der Waals surface area contributed by atoms with Gasteiger partial charge in [-0.3, -0.25) is 9.78 Å². The molecule has 1 aromatic heterocycles. The lowest BCUT2D eigenvalue weighted by molar-refractivity contribution is 0.102. The number of hydrogen-bond acceptors (Lipinski definition) is 3. The zero-order valence-corrected chi connectivity index (χ0v) is 16.4. The van der Waals surface area contributed by atoms with E-state index in [0.717, 1.165) is 29.9 Å². The van der Waals surface area contributed by atoms with E-state index in [2.05, 4.69) is 34.3 Å². The Bertz CT molecular complexity index is 943. The SMILES string of the molecule is CCCC1CCN(c2ccc(C(=O)Nc3cnc4ccccc4c3)cc2)CC1. The fraction of sp³-hybridized carbons (Fsp3) is 0.333. The highest BCUT2D eigenvalue weighted by molar-refractivity contribution is 6.05. The van der Waals surface area contributed by atoms with Gasteiger partial charge in [0.2, 0.25) is 0 Å². The van der Waals surface area contributed by atoms with Crippen molar-refractivity contribution < 1.29 is 4.79 Å². The zero-order chi connectivity index (χ0) is 19.3. The van der Waals surface area contributed by atoms with Crippen molar-refractivity contribution in [2.45, 2.75) is 32.6 Å². The van der Waals surface area contributed by atoms with E-state index in [9.17, 15) is 4.79 Å². The second-order valence-corrected chi connectivity index (χ2v) is 7.64. The van der Waals surface area contributed by atoms with Crippen molar-refractivity contribution in [3.8, 4) is 0 Å². The van der Waals surface area contributed by atoms with Gasteiger partial charge in [-0.1, -0.05) is 38.0 Å². The highest BCUT2D eigenvalue weighted by Crippen LogP contribution is 2.26. The van der Waals surface area contributed by atoms with E-state index in [0.29, 0.717) is 11.3 Å². The summed E-state index contributed by atoms with van der Waals surface area (Å²) in [7, 11) is 0. The van der Waals surface area contributed by atoms with Crippen LogP contribution in [0.5, 0.6) is 0 Å². The average Bonchev–Trinajstić information content (AvgIpc) is 2.74. The van der Waals surface area contributed by atoms with Gasteiger partial charge in [0.25, 0.3) is 5.91 Å². The third-order valence-electron chi connectivity index (χ3n) is 5.65. The molecule has 3 aromatic rings. The Morgan fingerprint density at radius 2 is 1.86 bits per heavy atom. The molecule has 0 radical (unpaired) electrons. The molecule has 2 aromatic carbocycles. The van der Waals surface area contributed by atoms with Gasteiger partial charge in [-0.15, -0.1) is 0 Å². The van der Waals surface area contributed by atoms with E-state index < -0.39 is 0 Å². The van der Waals surface area contributed by atoms with Crippen LogP contribution in [0.3, 0.4) is 0 Å². The number of rotatable bonds is 5. The van der Waals surface area contributed by atoms with Gasteiger partial charge in [0, 0.05) is 29.7 Å². The Kier molecular flexibility index (Phi) is 5.56. The van der Waals surface area contributed by atoms with Crippen LogP contribution in [0.1, 0.15) is 43.0 Å². The van der Waals surface area contributed by atoms with Crippen LogP contribution in [0.15, 0.2) is 60.8 Å². The highest BCUT2D eigenvalue weighted by atomic mass is 16.1. The topological polar surface area (TPSA) is 45.2 Å². The Morgan fingerprint density at radius 1 is 1.11 bits per heavy atom. The smallest absolute Gasteiger partial charge is 0.255 e. The number of anilines is 2. The summed E-state index contributed by atoms with van der Waals surface area (Å²) in [4.78, 5) is 19.4. The number of carbonyl (C=O) groups is 1. The zero-order valence-electron chi connectivity index (χ0n) is 16.4. The number of nitrogens with one attached hydrogen (secondary N) is 1. The molecule has 0 bridgehead atoms. The molecule has 28 heavy (non-hydrogen) atoms. The first-order valence-electron chi connectivity index (χ1n) is 10.2. The van der Waals surface area contributed by atoms with Crippen LogP contribution in [0.4, 0.5) is 11.4 Å². The molecule has 4 nitrogen and oxygen atoms in total. The maximum absolute atomic E-state index is 12.6. The summed E-state index contributed by atoms with van der Waals surface area (Å²) < 4.78 is 0. The lowest BCUT2D eigenvalue weighted by atomic mass is 9.92. The predicted octanol–water partition coefficient (Wildman–Crippen LogP) is 5.50. The van der Waals surface area contributed by atoms with Crippen molar-refractivity contribution in [3.05, 3.63) is 66.4 Å². The number of amides is 1. The number of benzene rings is 2. The molecule has 1 fully saturated rings. The standard InChI is InChI=1S/C24H27N3O/c1-2-5-18-12-14-27(15-13-18)22-10-8-19(9-11-22)24(28)26-21-16-20-6-3-4-7-23(20)25-17-21/h3-4,6-11,16-18H,2,5,12-15H2,1H3,(H,26,28). The Hall–Kier alpha value is -2.88. The summed E-state index contributed by atoms with van der Waals surface area (Å²) in [6, 6.07) is 17.8. The van der Waals surface area contributed by atoms with Crippen molar-refractivity contribution in [3.63, 3.8) is 0 Å². The first-order valence-corrected chi connectivity index (χ1v) is 10.2. The first kappa shape index (κ1) is 18.5. The molecule has 0 aliphatic carbocycles. The van der Waals surface area contributed by atoms with Gasteiger partial charge in [0.15, 0.2) is 0 Å². The second-order valence-electron chi connectivity index (χ2n) is 7.64. The number of piperidine rings is 1. The summed E-state index contributed by atoms with van der Waals surface area (Å²) in [5, 5.41) is 3.97. The summed E-state index contributed by atoms with van der Waals surface area (Å²) in [6.07, 6.45) is 6.86. The van der Waals surface area contributed by atoms with Crippen molar-refractivity contribution in [2.24, 2.45) is 5.92 Å². The number of carbonyl (C=O) groups excluding carboxylic acids is 1. The second kappa shape index (κ2) is 8.42. The van der Waals surface area contributed by atoms with Crippen LogP contribution in [-0.2, 0) is 0 Å². The van der Waals surface area contributed by atoms with Crippen LogP contribution in [0.25, 0.3) is 10.9 Å². The van der Waals surface area contributed by atoms with E-state index in [1.165, 1.54) is 31.4 Å². The maximum atomic E-state index is 12.6. The van der Waals surface area contributed by atoms with Crippen molar-refractivity contribution in [2.75, 3.05) is 23.3 Å². The molecule has 2 heterocycles. The molecule has 1 aliphatic rings. The predicted molar refractivity (Wildman–Crippen MR) is 116 cm³/mol. The lowest BCUT2D eigenvalue weighted by Gasteiger charge is -2.33. The van der Waals surface area contributed by atoms with Crippen molar-refractivity contribution in [1.82, 2.24) is 4.98 Å². The van der Waals surface area contributed by atoms with Crippen LogP contribution < -0.4 is 10.2 Å². The van der Waals surface area contributed by atoms with Gasteiger partial charge in [-0.05, 0) is 55.2 Å². The molecule has 1 aliphatic heterocycles. The maximum Gasteiger partial charge on any atom is 0.255 e. The highest BCUT2D eigenvalue weighted by Gasteiger charge is 2.19. The van der Waals surface area contributed by atoms with Crippen LogP contribution in [0, 0.1) is 5.92 Å². The average molecular weight is 374 g/mol. The number of hydrogen-bond donors (Lipinski definition) is 1. The fourth-order valence-corrected chi connectivity index (χ4v) is 4.05. The third kappa shape index (κ3) is 4.16.